The number of aliphatic carboxylic acids is 1. The van der Waals surface area contributed by atoms with E-state index in [4.69, 9.17) is 11.6 Å². The second-order valence-electron chi connectivity index (χ2n) is 6.31. The fraction of sp³-hybridized carbons (Fsp3) is 0.529. The number of hydrogen-bond donors (Lipinski definition) is 2. The molecule has 138 valence electrons. The predicted molar refractivity (Wildman–Crippen MR) is 94.3 cm³/mol. The van der Waals surface area contributed by atoms with E-state index in [2.05, 4.69) is 5.32 Å². The molecule has 1 amide bonds. The summed E-state index contributed by atoms with van der Waals surface area (Å²) in [4.78, 5) is 24.2. The number of nitrogens with one attached hydrogen (secondary N) is 1. The number of amides is 1. The summed E-state index contributed by atoms with van der Waals surface area (Å²) in [5.41, 5.74) is 0. The van der Waals surface area contributed by atoms with Gasteiger partial charge in [0.15, 0.2) is 14.6 Å². The van der Waals surface area contributed by atoms with Gasteiger partial charge in [-0.2, -0.15) is 0 Å². The van der Waals surface area contributed by atoms with Gasteiger partial charge in [0.1, 0.15) is 6.04 Å². The zero-order valence-electron chi connectivity index (χ0n) is 14.0. The van der Waals surface area contributed by atoms with Crippen molar-refractivity contribution in [2.24, 2.45) is 0 Å². The number of carboxylic acid groups (broad SMARTS) is 1. The number of benzene rings is 1. The highest BCUT2D eigenvalue weighted by Gasteiger charge is 2.53. The number of hydrogen-bond acceptors (Lipinski definition) is 4. The van der Waals surface area contributed by atoms with Crippen LogP contribution in [0.4, 0.5) is 0 Å². The molecule has 1 saturated carbocycles. The van der Waals surface area contributed by atoms with Crippen LogP contribution in [0.2, 0.25) is 5.02 Å². The normalized spacial score (nSPS) is 17.8. The standard InChI is InChI=1S/C17H22ClNO5S/c1-2-5-14(15(20)21)19-16(22)17(10-3-4-11-17)25(23,24)13-8-6-12(18)7-9-13/h6-9,14H,2-5,10-11H2,1H3,(H,19,22)(H,20,21). The van der Waals surface area contributed by atoms with Gasteiger partial charge in [-0.15, -0.1) is 0 Å². The number of carbonyl (C=O) groups is 2. The zero-order chi connectivity index (χ0) is 18.7. The summed E-state index contributed by atoms with van der Waals surface area (Å²) < 4.78 is 24.7. The lowest BCUT2D eigenvalue weighted by Crippen LogP contribution is -2.54. The van der Waals surface area contributed by atoms with Crippen LogP contribution in [-0.2, 0) is 19.4 Å². The minimum Gasteiger partial charge on any atom is -0.480 e. The Morgan fingerprint density at radius 2 is 1.80 bits per heavy atom. The van der Waals surface area contributed by atoms with Crippen molar-refractivity contribution in [3.8, 4) is 0 Å². The quantitative estimate of drug-likeness (QED) is 0.749. The minimum atomic E-state index is -3.97. The van der Waals surface area contributed by atoms with E-state index in [1.807, 2.05) is 0 Å². The molecule has 1 aliphatic rings. The minimum absolute atomic E-state index is 0.0244. The summed E-state index contributed by atoms with van der Waals surface area (Å²) in [6, 6.07) is 4.60. The summed E-state index contributed by atoms with van der Waals surface area (Å²) in [5, 5.41) is 12.1. The van der Waals surface area contributed by atoms with Crippen LogP contribution in [0.5, 0.6) is 0 Å². The van der Waals surface area contributed by atoms with E-state index in [1.54, 1.807) is 6.92 Å². The van der Waals surface area contributed by atoms with Crippen molar-refractivity contribution in [3.05, 3.63) is 29.3 Å². The topological polar surface area (TPSA) is 101 Å². The van der Waals surface area contributed by atoms with Gasteiger partial charge in [0, 0.05) is 5.02 Å². The first-order valence-corrected chi connectivity index (χ1v) is 10.1. The maximum Gasteiger partial charge on any atom is 0.326 e. The second kappa shape index (κ2) is 7.74. The molecule has 25 heavy (non-hydrogen) atoms. The summed E-state index contributed by atoms with van der Waals surface area (Å²) in [6.07, 6.45) is 2.38. The van der Waals surface area contributed by atoms with Crippen molar-refractivity contribution < 1.29 is 23.1 Å². The molecule has 0 aromatic heterocycles. The Hall–Kier alpha value is -1.60. The summed E-state index contributed by atoms with van der Waals surface area (Å²) in [5.74, 6) is -1.88. The van der Waals surface area contributed by atoms with Crippen molar-refractivity contribution in [2.75, 3.05) is 0 Å². The van der Waals surface area contributed by atoms with Crippen LogP contribution >= 0.6 is 11.6 Å². The van der Waals surface area contributed by atoms with Crippen molar-refractivity contribution in [2.45, 2.75) is 61.1 Å². The van der Waals surface area contributed by atoms with E-state index in [0.717, 1.165) is 0 Å². The number of rotatable bonds is 7. The third kappa shape index (κ3) is 3.82. The van der Waals surface area contributed by atoms with Crippen LogP contribution in [0.25, 0.3) is 0 Å². The molecule has 1 unspecified atom stereocenters. The molecule has 2 rings (SSSR count). The Kier molecular flexibility index (Phi) is 6.11. The molecule has 1 aromatic rings. The second-order valence-corrected chi connectivity index (χ2v) is 9.01. The molecule has 0 radical (unpaired) electrons. The van der Waals surface area contributed by atoms with Gasteiger partial charge in [-0.1, -0.05) is 37.8 Å². The molecule has 0 spiro atoms. The number of carbonyl (C=O) groups excluding carboxylic acids is 1. The van der Waals surface area contributed by atoms with E-state index in [-0.39, 0.29) is 24.2 Å². The average Bonchev–Trinajstić information content (AvgIpc) is 3.06. The zero-order valence-corrected chi connectivity index (χ0v) is 15.6. The first-order chi connectivity index (χ1) is 11.7. The Balaban J connectivity index is 2.39. The fourth-order valence-electron chi connectivity index (χ4n) is 3.24. The summed E-state index contributed by atoms with van der Waals surface area (Å²) in [7, 11) is -3.97. The van der Waals surface area contributed by atoms with E-state index in [1.165, 1.54) is 24.3 Å². The molecule has 0 aliphatic heterocycles. The van der Waals surface area contributed by atoms with Crippen LogP contribution in [0.1, 0.15) is 45.4 Å². The molecule has 0 saturated heterocycles. The SMILES string of the molecule is CCCC(NC(=O)C1(S(=O)(=O)c2ccc(Cl)cc2)CCCC1)C(=O)O. The van der Waals surface area contributed by atoms with Gasteiger partial charge in [0.2, 0.25) is 5.91 Å². The fourth-order valence-corrected chi connectivity index (χ4v) is 5.44. The molecular weight excluding hydrogens is 366 g/mol. The lowest BCUT2D eigenvalue weighted by atomic mass is 10.0. The van der Waals surface area contributed by atoms with Crippen molar-refractivity contribution in [1.29, 1.82) is 0 Å². The Morgan fingerprint density at radius 3 is 2.28 bits per heavy atom. The van der Waals surface area contributed by atoms with Gasteiger partial charge in [0.25, 0.3) is 0 Å². The Bertz CT molecular complexity index is 739. The van der Waals surface area contributed by atoms with E-state index < -0.39 is 32.5 Å². The number of sulfone groups is 1. The summed E-state index contributed by atoms with van der Waals surface area (Å²) >= 11 is 5.82. The maximum absolute atomic E-state index is 13.2. The van der Waals surface area contributed by atoms with Crippen LogP contribution < -0.4 is 5.32 Å². The van der Waals surface area contributed by atoms with Gasteiger partial charge in [0.05, 0.1) is 4.90 Å². The van der Waals surface area contributed by atoms with Crippen molar-refractivity contribution in [1.82, 2.24) is 5.32 Å². The highest BCUT2D eigenvalue weighted by molar-refractivity contribution is 7.93. The molecule has 0 heterocycles. The van der Waals surface area contributed by atoms with Crippen LogP contribution in [0, 0.1) is 0 Å². The van der Waals surface area contributed by atoms with Gasteiger partial charge < -0.3 is 10.4 Å². The monoisotopic (exact) mass is 387 g/mol. The largest absolute Gasteiger partial charge is 0.480 e. The van der Waals surface area contributed by atoms with Gasteiger partial charge in [-0.05, 0) is 43.5 Å². The van der Waals surface area contributed by atoms with Gasteiger partial charge >= 0.3 is 5.97 Å². The van der Waals surface area contributed by atoms with Crippen molar-refractivity contribution in [3.63, 3.8) is 0 Å². The highest BCUT2D eigenvalue weighted by atomic mass is 35.5. The number of halogens is 1. The van der Waals surface area contributed by atoms with E-state index in [0.29, 0.717) is 24.3 Å². The van der Waals surface area contributed by atoms with E-state index >= 15 is 0 Å². The molecule has 1 atom stereocenters. The molecule has 1 aromatic carbocycles. The first-order valence-electron chi connectivity index (χ1n) is 8.28. The van der Waals surface area contributed by atoms with Gasteiger partial charge in [-0.3, -0.25) is 4.79 Å². The molecule has 0 bridgehead atoms. The molecule has 1 fully saturated rings. The summed E-state index contributed by atoms with van der Waals surface area (Å²) in [6.45, 7) is 1.80. The first kappa shape index (κ1) is 19.7. The third-order valence-corrected chi connectivity index (χ3v) is 7.41. The smallest absolute Gasteiger partial charge is 0.326 e. The van der Waals surface area contributed by atoms with E-state index in [9.17, 15) is 23.1 Å². The van der Waals surface area contributed by atoms with Crippen molar-refractivity contribution >= 4 is 33.3 Å². The third-order valence-electron chi connectivity index (χ3n) is 4.64. The van der Waals surface area contributed by atoms with Crippen LogP contribution in [0.15, 0.2) is 29.2 Å². The molecular formula is C17H22ClNO5S. The van der Waals surface area contributed by atoms with Gasteiger partial charge in [-0.25, -0.2) is 13.2 Å². The Labute approximate surface area is 152 Å². The Morgan fingerprint density at radius 1 is 1.24 bits per heavy atom. The average molecular weight is 388 g/mol. The molecule has 6 nitrogen and oxygen atoms in total. The number of carboxylic acids is 1. The lowest BCUT2D eigenvalue weighted by molar-refractivity contribution is -0.142. The predicted octanol–water partition coefficient (Wildman–Crippen LogP) is 2.80. The van der Waals surface area contributed by atoms with Crippen LogP contribution in [0.3, 0.4) is 0 Å². The maximum atomic E-state index is 13.2. The molecule has 8 heteroatoms. The molecule has 2 N–H and O–H groups in total. The van der Waals surface area contributed by atoms with Crippen LogP contribution in [-0.4, -0.2) is 36.2 Å². The lowest BCUT2D eigenvalue weighted by Gasteiger charge is -2.29. The highest BCUT2D eigenvalue weighted by Crippen LogP contribution is 2.41. The molecule has 1 aliphatic carbocycles.